The van der Waals surface area contributed by atoms with Gasteiger partial charge in [-0.3, -0.25) is 19.6 Å². The van der Waals surface area contributed by atoms with Crippen LogP contribution in [0.5, 0.6) is 0 Å². The summed E-state index contributed by atoms with van der Waals surface area (Å²) in [6.45, 7) is 5.59. The molecule has 1 aliphatic rings. The minimum absolute atomic E-state index is 0.0238. The van der Waals surface area contributed by atoms with Crippen molar-refractivity contribution in [2.45, 2.75) is 38.3 Å². The van der Waals surface area contributed by atoms with Crippen LogP contribution in [0.2, 0.25) is 0 Å². The molecule has 0 bridgehead atoms. The Labute approximate surface area is 151 Å². The van der Waals surface area contributed by atoms with Gasteiger partial charge in [-0.1, -0.05) is 0 Å². The first-order valence-corrected chi connectivity index (χ1v) is 8.70. The second-order valence-electron chi connectivity index (χ2n) is 7.06. The van der Waals surface area contributed by atoms with E-state index in [0.29, 0.717) is 5.69 Å². The fourth-order valence-corrected chi connectivity index (χ4v) is 3.14. The number of benzene rings is 1. The summed E-state index contributed by atoms with van der Waals surface area (Å²) < 4.78 is 1.85. The first kappa shape index (κ1) is 18.1. The van der Waals surface area contributed by atoms with Crippen molar-refractivity contribution in [2.75, 3.05) is 13.1 Å². The van der Waals surface area contributed by atoms with Crippen LogP contribution in [0.25, 0.3) is 0 Å². The summed E-state index contributed by atoms with van der Waals surface area (Å²) in [6.07, 6.45) is 3.98. The van der Waals surface area contributed by atoms with Crippen LogP contribution in [0.3, 0.4) is 0 Å². The molecule has 2 aromatic rings. The first-order chi connectivity index (χ1) is 12.4. The minimum Gasteiger partial charge on any atom is -0.342 e. The summed E-state index contributed by atoms with van der Waals surface area (Å²) in [4.78, 5) is 22.9. The highest BCUT2D eigenvalue weighted by Gasteiger charge is 2.26. The van der Waals surface area contributed by atoms with Crippen LogP contribution >= 0.6 is 0 Å². The highest BCUT2D eigenvalue weighted by Crippen LogP contribution is 2.23. The number of nitrogens with one attached hydrogen (secondary N) is 2. The summed E-state index contributed by atoms with van der Waals surface area (Å²) in [5, 5.41) is 21.5. The average molecular weight is 357 g/mol. The second-order valence-corrected chi connectivity index (χ2v) is 7.06. The minimum atomic E-state index is -0.678. The van der Waals surface area contributed by atoms with Crippen molar-refractivity contribution in [3.63, 3.8) is 0 Å². The fraction of sp³-hybridized carbons (Fsp3) is 0.444. The Bertz CT molecular complexity index is 791. The van der Waals surface area contributed by atoms with Gasteiger partial charge in [-0.15, -0.1) is 0 Å². The number of carbonyl (C=O) groups is 1. The number of nitro groups is 1. The van der Waals surface area contributed by atoms with Crippen LogP contribution in [0.4, 0.5) is 5.69 Å². The topological polar surface area (TPSA) is 102 Å². The quantitative estimate of drug-likeness (QED) is 0.632. The largest absolute Gasteiger partial charge is 0.342 e. The third kappa shape index (κ3) is 3.91. The smallest absolute Gasteiger partial charge is 0.272 e. The number of aromatic nitrogens is 2. The van der Waals surface area contributed by atoms with E-state index in [1.807, 2.05) is 24.7 Å². The van der Waals surface area contributed by atoms with Crippen molar-refractivity contribution in [3.05, 3.63) is 57.9 Å². The van der Waals surface area contributed by atoms with Gasteiger partial charge in [0.05, 0.1) is 16.5 Å². The Kier molecular flexibility index (Phi) is 5.03. The monoisotopic (exact) mass is 357 g/mol. The zero-order chi connectivity index (χ0) is 18.7. The van der Waals surface area contributed by atoms with Gasteiger partial charge in [-0.2, -0.15) is 5.10 Å². The Morgan fingerprint density at radius 3 is 2.69 bits per heavy atom. The molecule has 0 aliphatic carbocycles. The van der Waals surface area contributed by atoms with Crippen LogP contribution in [-0.4, -0.2) is 33.7 Å². The normalized spacial score (nSPS) is 17.7. The van der Waals surface area contributed by atoms with E-state index in [2.05, 4.69) is 15.7 Å². The van der Waals surface area contributed by atoms with Crippen molar-refractivity contribution in [3.8, 4) is 0 Å². The maximum Gasteiger partial charge on any atom is 0.272 e. The number of rotatable bonds is 5. The Balaban J connectivity index is 1.70. The molecule has 2 N–H and O–H groups in total. The summed E-state index contributed by atoms with van der Waals surface area (Å²) >= 11 is 0. The Morgan fingerprint density at radius 1 is 1.35 bits per heavy atom. The molecule has 2 heterocycles. The predicted octanol–water partition coefficient (Wildman–Crippen LogP) is 2.38. The van der Waals surface area contributed by atoms with Gasteiger partial charge >= 0.3 is 0 Å². The Hall–Kier alpha value is -2.74. The molecule has 26 heavy (non-hydrogen) atoms. The molecule has 8 nitrogen and oxygen atoms in total. The average Bonchev–Trinajstić information content (AvgIpc) is 3.12. The molecule has 1 aromatic heterocycles. The number of hydrogen-bond acceptors (Lipinski definition) is 5. The summed E-state index contributed by atoms with van der Waals surface area (Å²) in [5.74, 6) is -0.268. The lowest BCUT2D eigenvalue weighted by Gasteiger charge is -2.26. The number of piperidine rings is 1. The van der Waals surface area contributed by atoms with Gasteiger partial charge in [-0.25, -0.2) is 0 Å². The van der Waals surface area contributed by atoms with E-state index in [0.717, 1.165) is 31.5 Å². The van der Waals surface area contributed by atoms with Gasteiger partial charge in [0.2, 0.25) is 0 Å². The van der Waals surface area contributed by atoms with Crippen LogP contribution in [0.1, 0.15) is 48.8 Å². The summed E-state index contributed by atoms with van der Waals surface area (Å²) in [7, 11) is 0. The molecule has 0 radical (unpaired) electrons. The number of non-ortho nitro benzene ring substituents is 1. The maximum atomic E-state index is 12.6. The highest BCUT2D eigenvalue weighted by atomic mass is 16.6. The van der Waals surface area contributed by atoms with Crippen molar-refractivity contribution in [1.29, 1.82) is 0 Å². The maximum absolute atomic E-state index is 12.6. The molecule has 0 saturated carbocycles. The molecule has 1 unspecified atom stereocenters. The van der Waals surface area contributed by atoms with Crippen molar-refractivity contribution < 1.29 is 9.72 Å². The number of nitrogens with zero attached hydrogens (tertiary/aromatic N) is 3. The zero-order valence-electron chi connectivity index (χ0n) is 14.9. The lowest BCUT2D eigenvalue weighted by atomic mass is 9.94. The molecular formula is C18H23N5O3. The van der Waals surface area contributed by atoms with E-state index in [1.54, 1.807) is 18.2 Å². The lowest BCUT2D eigenvalue weighted by molar-refractivity contribution is -0.384. The molecule has 138 valence electrons. The van der Waals surface area contributed by atoms with Gasteiger partial charge in [-0.05, 0) is 57.0 Å². The summed E-state index contributed by atoms with van der Waals surface area (Å²) in [5.41, 5.74) is 0.496. The number of hydrogen-bond donors (Lipinski definition) is 2. The second kappa shape index (κ2) is 7.25. The van der Waals surface area contributed by atoms with E-state index < -0.39 is 10.5 Å². The highest BCUT2D eigenvalue weighted by molar-refractivity contribution is 5.92. The molecule has 3 rings (SSSR count). The number of carbonyl (C=O) groups excluding carboxylic acids is 1. The summed E-state index contributed by atoms with van der Waals surface area (Å²) in [6, 6.07) is 8.18. The third-order valence-corrected chi connectivity index (χ3v) is 4.71. The molecular weight excluding hydrogens is 334 g/mol. The number of amides is 1. The van der Waals surface area contributed by atoms with Crippen molar-refractivity contribution in [1.82, 2.24) is 20.4 Å². The van der Waals surface area contributed by atoms with Crippen LogP contribution in [0, 0.1) is 10.1 Å². The van der Waals surface area contributed by atoms with Crippen LogP contribution < -0.4 is 10.6 Å². The molecule has 1 saturated heterocycles. The molecule has 1 aromatic carbocycles. The molecule has 0 spiro atoms. The Morgan fingerprint density at radius 2 is 2.08 bits per heavy atom. The third-order valence-electron chi connectivity index (χ3n) is 4.71. The molecule has 8 heteroatoms. The molecule has 1 aliphatic heterocycles. The molecule has 1 amide bonds. The van der Waals surface area contributed by atoms with E-state index in [4.69, 9.17) is 0 Å². The van der Waals surface area contributed by atoms with Gasteiger partial charge in [0.1, 0.15) is 5.69 Å². The lowest BCUT2D eigenvalue weighted by Crippen LogP contribution is -2.41. The van der Waals surface area contributed by atoms with Gasteiger partial charge < -0.3 is 10.6 Å². The van der Waals surface area contributed by atoms with E-state index in [1.165, 1.54) is 12.1 Å². The zero-order valence-corrected chi connectivity index (χ0v) is 14.9. The first-order valence-electron chi connectivity index (χ1n) is 8.70. The molecule has 1 atom stereocenters. The standard InChI is InChI=1S/C18H23N5O3/c1-18(2,13-5-7-14(8-6-13)23(25)26)20-17(24)16-9-11-22(21-16)15-4-3-10-19-12-15/h5-9,11,15,19H,3-4,10,12H2,1-2H3,(H,20,24). The van der Waals surface area contributed by atoms with Gasteiger partial charge in [0.25, 0.3) is 11.6 Å². The molecule has 1 fully saturated rings. The fourth-order valence-electron chi connectivity index (χ4n) is 3.14. The van der Waals surface area contributed by atoms with Crippen LogP contribution in [0.15, 0.2) is 36.5 Å². The van der Waals surface area contributed by atoms with Crippen molar-refractivity contribution >= 4 is 11.6 Å². The van der Waals surface area contributed by atoms with Crippen molar-refractivity contribution in [2.24, 2.45) is 0 Å². The number of nitro benzene ring substituents is 1. The van der Waals surface area contributed by atoms with E-state index in [-0.39, 0.29) is 17.6 Å². The van der Waals surface area contributed by atoms with E-state index >= 15 is 0 Å². The SMILES string of the molecule is CC(C)(NC(=O)c1ccn(C2CCCNC2)n1)c1ccc([N+](=O)[O-])cc1. The van der Waals surface area contributed by atoms with Gasteiger partial charge in [0.15, 0.2) is 0 Å². The van der Waals surface area contributed by atoms with E-state index in [9.17, 15) is 14.9 Å². The predicted molar refractivity (Wildman–Crippen MR) is 97.0 cm³/mol. The van der Waals surface area contributed by atoms with Crippen LogP contribution in [-0.2, 0) is 5.54 Å². The van der Waals surface area contributed by atoms with Gasteiger partial charge in [0, 0.05) is 24.9 Å².